The van der Waals surface area contributed by atoms with Gasteiger partial charge in [0.05, 0.1) is 18.8 Å². The van der Waals surface area contributed by atoms with Gasteiger partial charge in [0.2, 0.25) is 0 Å². The van der Waals surface area contributed by atoms with Gasteiger partial charge >= 0.3 is 0 Å². The van der Waals surface area contributed by atoms with Gasteiger partial charge in [0.1, 0.15) is 5.75 Å². The minimum Gasteiger partial charge on any atom is -0.492 e. The number of hydrogen-bond acceptors (Lipinski definition) is 3. The minimum absolute atomic E-state index is 0.141. The molecule has 1 atom stereocenters. The standard InChI is InChI=1S/C16H19IN2O/c1-3-19-16(12-6-5-7-14(17)8-12)13-9-15(20-4-2)11-18-10-13/h5-11,16,19H,3-4H2,1-2H3. The van der Waals surface area contributed by atoms with Crippen molar-refractivity contribution in [3.05, 3.63) is 57.4 Å². The molecule has 0 fully saturated rings. The maximum atomic E-state index is 5.54. The Hall–Kier alpha value is -1.14. The van der Waals surface area contributed by atoms with E-state index in [0.717, 1.165) is 17.9 Å². The van der Waals surface area contributed by atoms with Crippen molar-refractivity contribution in [2.75, 3.05) is 13.2 Å². The SMILES string of the molecule is CCNC(c1cccc(I)c1)c1cncc(OCC)c1. The van der Waals surface area contributed by atoms with Crippen molar-refractivity contribution in [1.82, 2.24) is 10.3 Å². The van der Waals surface area contributed by atoms with Gasteiger partial charge in [0.25, 0.3) is 0 Å². The van der Waals surface area contributed by atoms with Crippen LogP contribution in [0.15, 0.2) is 42.7 Å². The number of hydrogen-bond donors (Lipinski definition) is 1. The van der Waals surface area contributed by atoms with Crippen LogP contribution in [0.4, 0.5) is 0 Å². The third kappa shape index (κ3) is 3.93. The summed E-state index contributed by atoms with van der Waals surface area (Å²) in [7, 11) is 0. The quantitative estimate of drug-likeness (QED) is 0.773. The average molecular weight is 382 g/mol. The van der Waals surface area contributed by atoms with Crippen LogP contribution in [-0.4, -0.2) is 18.1 Å². The molecule has 0 saturated carbocycles. The molecule has 0 aliphatic heterocycles. The van der Waals surface area contributed by atoms with E-state index < -0.39 is 0 Å². The summed E-state index contributed by atoms with van der Waals surface area (Å²) in [4.78, 5) is 4.29. The van der Waals surface area contributed by atoms with E-state index in [9.17, 15) is 0 Å². The van der Waals surface area contributed by atoms with Gasteiger partial charge in [-0.1, -0.05) is 19.1 Å². The number of benzene rings is 1. The molecular formula is C16H19IN2O. The van der Waals surface area contributed by atoms with Gasteiger partial charge in [-0.05, 0) is 65.4 Å². The molecule has 3 nitrogen and oxygen atoms in total. The monoisotopic (exact) mass is 382 g/mol. The molecule has 4 heteroatoms. The topological polar surface area (TPSA) is 34.2 Å². The van der Waals surface area contributed by atoms with Crippen LogP contribution < -0.4 is 10.1 Å². The smallest absolute Gasteiger partial charge is 0.137 e. The normalized spacial score (nSPS) is 12.2. The molecule has 2 rings (SSSR count). The summed E-state index contributed by atoms with van der Waals surface area (Å²) in [6.45, 7) is 5.64. The Kier molecular flexibility index (Phi) is 5.79. The summed E-state index contributed by atoms with van der Waals surface area (Å²) < 4.78 is 6.78. The first-order valence-electron chi connectivity index (χ1n) is 6.81. The van der Waals surface area contributed by atoms with Crippen molar-refractivity contribution in [3.63, 3.8) is 0 Å². The molecule has 0 aliphatic rings. The molecule has 1 aromatic carbocycles. The molecule has 106 valence electrons. The number of pyridine rings is 1. The molecule has 0 saturated heterocycles. The van der Waals surface area contributed by atoms with Crippen LogP contribution in [-0.2, 0) is 0 Å². The molecule has 2 aromatic rings. The van der Waals surface area contributed by atoms with Gasteiger partial charge in [-0.2, -0.15) is 0 Å². The highest BCUT2D eigenvalue weighted by Gasteiger charge is 2.14. The predicted octanol–water partition coefficient (Wildman–Crippen LogP) is 3.78. The maximum absolute atomic E-state index is 5.54. The first-order valence-corrected chi connectivity index (χ1v) is 7.89. The molecule has 0 bridgehead atoms. The van der Waals surface area contributed by atoms with E-state index >= 15 is 0 Å². The lowest BCUT2D eigenvalue weighted by Crippen LogP contribution is -2.22. The molecule has 0 aliphatic carbocycles. The lowest BCUT2D eigenvalue weighted by molar-refractivity contribution is 0.338. The molecule has 1 N–H and O–H groups in total. The van der Waals surface area contributed by atoms with Gasteiger partial charge in [0.15, 0.2) is 0 Å². The van der Waals surface area contributed by atoms with E-state index in [2.05, 4.69) is 70.1 Å². The fourth-order valence-corrected chi connectivity index (χ4v) is 2.72. The molecule has 0 spiro atoms. The highest BCUT2D eigenvalue weighted by molar-refractivity contribution is 14.1. The Bertz CT molecular complexity index is 560. The summed E-state index contributed by atoms with van der Waals surface area (Å²) in [6, 6.07) is 10.7. The second-order valence-electron chi connectivity index (χ2n) is 4.43. The molecule has 1 aromatic heterocycles. The van der Waals surface area contributed by atoms with Gasteiger partial charge in [-0.3, -0.25) is 4.98 Å². The van der Waals surface area contributed by atoms with Gasteiger partial charge in [-0.15, -0.1) is 0 Å². The van der Waals surface area contributed by atoms with E-state index in [0.29, 0.717) is 6.61 Å². The zero-order valence-corrected chi connectivity index (χ0v) is 13.9. The van der Waals surface area contributed by atoms with Crippen molar-refractivity contribution in [1.29, 1.82) is 0 Å². The summed E-state index contributed by atoms with van der Waals surface area (Å²) in [5.41, 5.74) is 2.37. The van der Waals surface area contributed by atoms with Gasteiger partial charge < -0.3 is 10.1 Å². The number of nitrogens with zero attached hydrogens (tertiary/aromatic N) is 1. The van der Waals surface area contributed by atoms with E-state index in [1.54, 1.807) is 6.20 Å². The molecule has 0 amide bonds. The molecule has 1 heterocycles. The van der Waals surface area contributed by atoms with Crippen LogP contribution in [0.5, 0.6) is 5.75 Å². The summed E-state index contributed by atoms with van der Waals surface area (Å²) in [5.74, 6) is 0.818. The van der Waals surface area contributed by atoms with E-state index in [4.69, 9.17) is 4.74 Å². The maximum Gasteiger partial charge on any atom is 0.137 e. The van der Waals surface area contributed by atoms with Crippen molar-refractivity contribution in [2.45, 2.75) is 19.9 Å². The lowest BCUT2D eigenvalue weighted by Gasteiger charge is -2.19. The summed E-state index contributed by atoms with van der Waals surface area (Å²) in [6.07, 6.45) is 3.65. The van der Waals surface area contributed by atoms with Crippen molar-refractivity contribution in [3.8, 4) is 5.75 Å². The second kappa shape index (κ2) is 7.59. The largest absolute Gasteiger partial charge is 0.492 e. The first-order chi connectivity index (χ1) is 9.74. The summed E-state index contributed by atoms with van der Waals surface area (Å²) >= 11 is 2.34. The second-order valence-corrected chi connectivity index (χ2v) is 5.68. The molecule has 0 radical (unpaired) electrons. The number of aromatic nitrogens is 1. The number of halogens is 1. The molecule has 1 unspecified atom stereocenters. The van der Waals surface area contributed by atoms with E-state index in [1.807, 2.05) is 13.1 Å². The Balaban J connectivity index is 2.35. The number of rotatable bonds is 6. The van der Waals surface area contributed by atoms with Crippen LogP contribution in [0, 0.1) is 3.57 Å². The number of nitrogens with one attached hydrogen (secondary N) is 1. The summed E-state index contributed by atoms with van der Waals surface area (Å²) in [5, 5.41) is 3.51. The Labute approximate surface area is 133 Å². The highest BCUT2D eigenvalue weighted by Crippen LogP contribution is 2.25. The number of ether oxygens (including phenoxy) is 1. The van der Waals surface area contributed by atoms with Crippen molar-refractivity contribution in [2.24, 2.45) is 0 Å². The zero-order valence-electron chi connectivity index (χ0n) is 11.8. The van der Waals surface area contributed by atoms with Crippen LogP contribution in [0.3, 0.4) is 0 Å². The minimum atomic E-state index is 0.141. The van der Waals surface area contributed by atoms with E-state index in [1.165, 1.54) is 9.13 Å². The van der Waals surface area contributed by atoms with Crippen LogP contribution >= 0.6 is 22.6 Å². The van der Waals surface area contributed by atoms with Gasteiger partial charge in [0, 0.05) is 9.77 Å². The zero-order chi connectivity index (χ0) is 14.4. The third-order valence-electron chi connectivity index (χ3n) is 2.97. The molecule has 20 heavy (non-hydrogen) atoms. The van der Waals surface area contributed by atoms with Crippen LogP contribution in [0.1, 0.15) is 31.0 Å². The van der Waals surface area contributed by atoms with Crippen LogP contribution in [0.25, 0.3) is 0 Å². The average Bonchev–Trinajstić information content (AvgIpc) is 2.45. The fraction of sp³-hybridized carbons (Fsp3) is 0.312. The van der Waals surface area contributed by atoms with E-state index in [-0.39, 0.29) is 6.04 Å². The Morgan fingerprint density at radius 1 is 1.20 bits per heavy atom. The van der Waals surface area contributed by atoms with Gasteiger partial charge in [-0.25, -0.2) is 0 Å². The first kappa shape index (κ1) is 15.3. The van der Waals surface area contributed by atoms with Crippen molar-refractivity contribution >= 4 is 22.6 Å². The third-order valence-corrected chi connectivity index (χ3v) is 3.64. The fourth-order valence-electron chi connectivity index (χ4n) is 2.16. The molecular weight excluding hydrogens is 363 g/mol. The predicted molar refractivity (Wildman–Crippen MR) is 90.1 cm³/mol. The Morgan fingerprint density at radius 2 is 2.05 bits per heavy atom. The van der Waals surface area contributed by atoms with Crippen molar-refractivity contribution < 1.29 is 4.74 Å². The Morgan fingerprint density at radius 3 is 2.75 bits per heavy atom. The highest BCUT2D eigenvalue weighted by atomic mass is 127. The lowest BCUT2D eigenvalue weighted by atomic mass is 10.00. The van der Waals surface area contributed by atoms with Crippen LogP contribution in [0.2, 0.25) is 0 Å².